The van der Waals surface area contributed by atoms with Crippen molar-refractivity contribution in [2.45, 2.75) is 97.1 Å². The average molecular weight is 414 g/mol. The number of unbranched alkanes of at least 4 members (excludes halogenated alkanes) is 7. The Morgan fingerprint density at radius 3 is 2.17 bits per heavy atom. The van der Waals surface area contributed by atoms with Crippen LogP contribution in [0.1, 0.15) is 90.0 Å². The van der Waals surface area contributed by atoms with Gasteiger partial charge in [0.2, 0.25) is 0 Å². The van der Waals surface area contributed by atoms with Crippen molar-refractivity contribution >= 4 is 0 Å². The molecule has 1 atom stereocenters. The summed E-state index contributed by atoms with van der Waals surface area (Å²) in [6, 6.07) is 12.3. The molecule has 0 spiro atoms. The van der Waals surface area contributed by atoms with E-state index in [0.717, 1.165) is 54.9 Å². The normalized spacial score (nSPS) is 12.1. The third-order valence-corrected chi connectivity index (χ3v) is 5.61. The molecule has 1 heterocycles. The van der Waals surface area contributed by atoms with E-state index in [1.807, 2.05) is 24.4 Å². The quantitative estimate of drug-likeness (QED) is 0.258. The van der Waals surface area contributed by atoms with Crippen molar-refractivity contribution in [2.24, 2.45) is 0 Å². The van der Waals surface area contributed by atoms with E-state index in [0.29, 0.717) is 12.8 Å². The third-order valence-electron chi connectivity index (χ3n) is 5.61. The highest BCUT2D eigenvalue weighted by molar-refractivity contribution is 5.60. The first-order chi connectivity index (χ1) is 14.7. The van der Waals surface area contributed by atoms with Crippen LogP contribution in [0, 0.1) is 0 Å². The lowest BCUT2D eigenvalue weighted by Crippen LogP contribution is -2.02. The summed E-state index contributed by atoms with van der Waals surface area (Å²) in [5.41, 5.74) is 3.13. The highest BCUT2D eigenvalue weighted by Gasteiger charge is 2.07. The van der Waals surface area contributed by atoms with Gasteiger partial charge in [0.25, 0.3) is 0 Å². The van der Waals surface area contributed by atoms with Gasteiger partial charge in [-0.3, -0.25) is 4.98 Å². The van der Waals surface area contributed by atoms with Crippen molar-refractivity contribution in [1.29, 1.82) is 0 Å². The molecule has 2 aromatic rings. The van der Waals surface area contributed by atoms with Crippen LogP contribution >= 0.6 is 0 Å². The summed E-state index contributed by atoms with van der Waals surface area (Å²) in [6.45, 7) is 5.20. The van der Waals surface area contributed by atoms with E-state index in [1.54, 1.807) is 0 Å². The van der Waals surface area contributed by atoms with Crippen LogP contribution in [0.25, 0.3) is 11.3 Å². The van der Waals surface area contributed by atoms with Gasteiger partial charge in [-0.05, 0) is 61.6 Å². The van der Waals surface area contributed by atoms with Crippen LogP contribution in [0.5, 0.6) is 5.75 Å². The van der Waals surface area contributed by atoms with Gasteiger partial charge >= 0.3 is 0 Å². The topological polar surface area (TPSA) is 22.1 Å². The smallest absolute Gasteiger partial charge is 0.119 e. The predicted octanol–water partition coefficient (Wildman–Crippen LogP) is 8.34. The number of rotatable bonds is 16. The molecule has 0 bridgehead atoms. The van der Waals surface area contributed by atoms with E-state index in [-0.39, 0.29) is 0 Å². The van der Waals surface area contributed by atoms with E-state index < -0.39 is 6.17 Å². The molecular formula is C27H40FNO. The molecule has 0 saturated carbocycles. The molecule has 0 saturated heterocycles. The fraction of sp³-hybridized carbons (Fsp3) is 0.593. The van der Waals surface area contributed by atoms with Gasteiger partial charge in [0, 0.05) is 11.8 Å². The molecule has 0 N–H and O–H groups in total. The number of nitrogens with zero attached hydrogens (tertiary/aromatic N) is 1. The Balaban J connectivity index is 1.72. The molecule has 0 radical (unpaired) electrons. The number of hydrogen-bond donors (Lipinski definition) is 0. The Labute approximate surface area is 183 Å². The van der Waals surface area contributed by atoms with Crippen LogP contribution in [0.4, 0.5) is 4.39 Å². The Kier molecular flexibility index (Phi) is 12.2. The maximum absolute atomic E-state index is 14.0. The molecule has 1 aromatic heterocycles. The lowest BCUT2D eigenvalue weighted by atomic mass is 10.0. The van der Waals surface area contributed by atoms with Gasteiger partial charge < -0.3 is 4.74 Å². The van der Waals surface area contributed by atoms with Crippen molar-refractivity contribution in [3.05, 3.63) is 48.2 Å². The minimum atomic E-state index is -0.694. The van der Waals surface area contributed by atoms with Gasteiger partial charge in [-0.15, -0.1) is 0 Å². The van der Waals surface area contributed by atoms with E-state index in [2.05, 4.69) is 37.0 Å². The molecule has 0 aliphatic carbocycles. The first kappa shape index (κ1) is 24.4. The number of aryl methyl sites for hydroxylation is 1. The summed E-state index contributed by atoms with van der Waals surface area (Å²) in [5, 5.41) is 0. The van der Waals surface area contributed by atoms with E-state index in [1.165, 1.54) is 38.5 Å². The predicted molar refractivity (Wildman–Crippen MR) is 126 cm³/mol. The number of pyridine rings is 1. The summed E-state index contributed by atoms with van der Waals surface area (Å²) in [5.74, 6) is 0.916. The molecule has 2 rings (SSSR count). The second-order valence-corrected chi connectivity index (χ2v) is 8.32. The monoisotopic (exact) mass is 413 g/mol. The van der Waals surface area contributed by atoms with Gasteiger partial charge in [0.05, 0.1) is 12.3 Å². The van der Waals surface area contributed by atoms with Crippen LogP contribution < -0.4 is 4.74 Å². The molecule has 1 aromatic carbocycles. The van der Waals surface area contributed by atoms with Gasteiger partial charge in [-0.2, -0.15) is 0 Å². The fourth-order valence-corrected chi connectivity index (χ4v) is 3.62. The number of aromatic nitrogens is 1. The standard InChI is InChI=1S/C27H40FNO/c1-3-5-7-9-11-21-30-26-18-15-24(16-19-26)27-20-14-23(22-29-27)13-17-25(28)12-10-8-6-4-2/h14-16,18-20,22,25H,3-13,17,21H2,1-2H3. The summed E-state index contributed by atoms with van der Waals surface area (Å²) < 4.78 is 19.9. The Morgan fingerprint density at radius 2 is 1.50 bits per heavy atom. The number of benzene rings is 1. The van der Waals surface area contributed by atoms with Crippen molar-refractivity contribution in [3.8, 4) is 17.0 Å². The highest BCUT2D eigenvalue weighted by atomic mass is 19.1. The molecule has 0 aliphatic rings. The molecule has 1 unspecified atom stereocenters. The average Bonchev–Trinajstić information content (AvgIpc) is 2.78. The van der Waals surface area contributed by atoms with Crippen molar-refractivity contribution in [3.63, 3.8) is 0 Å². The maximum Gasteiger partial charge on any atom is 0.119 e. The Hall–Kier alpha value is -1.90. The first-order valence-electron chi connectivity index (χ1n) is 12.0. The molecule has 0 fully saturated rings. The van der Waals surface area contributed by atoms with Gasteiger partial charge in [-0.1, -0.05) is 71.3 Å². The zero-order valence-corrected chi connectivity index (χ0v) is 19.0. The van der Waals surface area contributed by atoms with Crippen LogP contribution in [0.2, 0.25) is 0 Å². The molecule has 3 heteroatoms. The van der Waals surface area contributed by atoms with Crippen LogP contribution in [0.15, 0.2) is 42.6 Å². The lowest BCUT2D eigenvalue weighted by molar-refractivity contribution is 0.287. The lowest BCUT2D eigenvalue weighted by Gasteiger charge is -2.09. The number of hydrogen-bond acceptors (Lipinski definition) is 2. The zero-order valence-electron chi connectivity index (χ0n) is 19.0. The SMILES string of the molecule is CCCCCCCOc1ccc(-c2ccc(CCC(F)CCCCCC)cn2)cc1. The van der Waals surface area contributed by atoms with Crippen molar-refractivity contribution < 1.29 is 9.13 Å². The van der Waals surface area contributed by atoms with Crippen LogP contribution in [-0.4, -0.2) is 17.8 Å². The molecule has 2 nitrogen and oxygen atoms in total. The van der Waals surface area contributed by atoms with Crippen molar-refractivity contribution in [1.82, 2.24) is 4.98 Å². The van der Waals surface area contributed by atoms with Gasteiger partial charge in [-0.25, -0.2) is 4.39 Å². The summed E-state index contributed by atoms with van der Waals surface area (Å²) in [4.78, 5) is 4.58. The maximum atomic E-state index is 14.0. The highest BCUT2D eigenvalue weighted by Crippen LogP contribution is 2.22. The zero-order chi connectivity index (χ0) is 21.4. The number of alkyl halides is 1. The largest absolute Gasteiger partial charge is 0.494 e. The first-order valence-corrected chi connectivity index (χ1v) is 12.0. The van der Waals surface area contributed by atoms with Crippen molar-refractivity contribution in [2.75, 3.05) is 6.61 Å². The van der Waals surface area contributed by atoms with Crippen LogP contribution in [-0.2, 0) is 6.42 Å². The Morgan fingerprint density at radius 1 is 0.800 bits per heavy atom. The molecule has 0 amide bonds. The summed E-state index contributed by atoms with van der Waals surface area (Å²) in [7, 11) is 0. The van der Waals surface area contributed by atoms with Gasteiger partial charge in [0.15, 0.2) is 0 Å². The molecule has 0 aliphatic heterocycles. The fourth-order valence-electron chi connectivity index (χ4n) is 3.62. The number of ether oxygens (including phenoxy) is 1. The van der Waals surface area contributed by atoms with Gasteiger partial charge in [0.1, 0.15) is 11.9 Å². The van der Waals surface area contributed by atoms with Crippen LogP contribution in [0.3, 0.4) is 0 Å². The van der Waals surface area contributed by atoms with E-state index in [4.69, 9.17) is 4.74 Å². The summed E-state index contributed by atoms with van der Waals surface area (Å²) in [6.07, 6.45) is 14.0. The van der Waals surface area contributed by atoms with E-state index >= 15 is 0 Å². The minimum absolute atomic E-state index is 0.595. The van der Waals surface area contributed by atoms with E-state index in [9.17, 15) is 4.39 Å². The molecular weight excluding hydrogens is 373 g/mol. The molecule has 166 valence electrons. The summed E-state index contributed by atoms with van der Waals surface area (Å²) >= 11 is 0. The second kappa shape index (κ2) is 15.0. The minimum Gasteiger partial charge on any atom is -0.494 e. The number of halogens is 1. The molecule has 30 heavy (non-hydrogen) atoms. The Bertz CT molecular complexity index is 668. The third kappa shape index (κ3) is 9.73. The second-order valence-electron chi connectivity index (χ2n) is 8.32.